The van der Waals surface area contributed by atoms with Crippen molar-refractivity contribution in [2.24, 2.45) is 0 Å². The van der Waals surface area contributed by atoms with Gasteiger partial charge in [-0.15, -0.1) is 0 Å². The number of rotatable bonds is 2. The van der Waals surface area contributed by atoms with Crippen molar-refractivity contribution in [3.63, 3.8) is 0 Å². The molecule has 23 heavy (non-hydrogen) atoms. The van der Waals surface area contributed by atoms with E-state index in [4.69, 9.17) is 9.31 Å². The summed E-state index contributed by atoms with van der Waals surface area (Å²) >= 11 is 0. The van der Waals surface area contributed by atoms with E-state index < -0.39 is 18.3 Å². The van der Waals surface area contributed by atoms with Crippen molar-refractivity contribution in [3.05, 3.63) is 35.7 Å². The van der Waals surface area contributed by atoms with Gasteiger partial charge in [0.15, 0.2) is 0 Å². The van der Waals surface area contributed by atoms with Crippen LogP contribution in [0, 0.1) is 5.82 Å². The Balaban J connectivity index is 1.84. The minimum absolute atomic E-state index is 0.263. The molecule has 1 fully saturated rings. The molecule has 0 radical (unpaired) electrons. The van der Waals surface area contributed by atoms with Gasteiger partial charge in [0.1, 0.15) is 5.82 Å². The number of hydrogen-bond acceptors (Lipinski definition) is 3. The molecule has 0 saturated carbocycles. The third kappa shape index (κ3) is 3.10. The maximum atomic E-state index is 14.6. The van der Waals surface area contributed by atoms with E-state index in [0.29, 0.717) is 5.46 Å². The fourth-order valence-corrected chi connectivity index (χ4v) is 2.92. The molecule has 5 heteroatoms. The molecule has 0 atom stereocenters. The van der Waals surface area contributed by atoms with Crippen LogP contribution in [-0.4, -0.2) is 43.4 Å². The Bertz CT molecular complexity index is 626. The van der Waals surface area contributed by atoms with Crippen molar-refractivity contribution in [2.45, 2.75) is 45.3 Å². The molecule has 0 aromatic heterocycles. The normalized spacial score (nSPS) is 23.9. The van der Waals surface area contributed by atoms with Gasteiger partial charge in [-0.05, 0) is 58.4 Å². The SMILES string of the molecule is CN1CC=C(c2ccc(B3OC(C)(C)C(C)(C)O3)c(F)c2)CC1. The number of likely N-dealkylation sites (N-methyl/N-ethyl adjacent to an activating group) is 1. The standard InChI is InChI=1S/C18H25BFNO2/c1-17(2)18(3,4)23-19(22-17)15-7-6-14(12-16(15)20)13-8-10-21(5)11-9-13/h6-8,12H,9-11H2,1-5H3. The van der Waals surface area contributed by atoms with Crippen molar-refractivity contribution in [2.75, 3.05) is 20.1 Å². The van der Waals surface area contributed by atoms with Crippen LogP contribution in [0.15, 0.2) is 24.3 Å². The van der Waals surface area contributed by atoms with Gasteiger partial charge in [-0.1, -0.05) is 18.2 Å². The zero-order valence-corrected chi connectivity index (χ0v) is 14.6. The van der Waals surface area contributed by atoms with Gasteiger partial charge < -0.3 is 14.2 Å². The van der Waals surface area contributed by atoms with Gasteiger partial charge >= 0.3 is 7.12 Å². The summed E-state index contributed by atoms with van der Waals surface area (Å²) in [6, 6.07) is 5.38. The van der Waals surface area contributed by atoms with Crippen LogP contribution in [0.4, 0.5) is 4.39 Å². The van der Waals surface area contributed by atoms with Crippen molar-refractivity contribution in [1.82, 2.24) is 4.90 Å². The Morgan fingerprint density at radius 3 is 2.30 bits per heavy atom. The van der Waals surface area contributed by atoms with Crippen molar-refractivity contribution in [1.29, 1.82) is 0 Å². The van der Waals surface area contributed by atoms with E-state index in [-0.39, 0.29) is 5.82 Å². The Labute approximate surface area is 138 Å². The van der Waals surface area contributed by atoms with Crippen molar-refractivity contribution in [3.8, 4) is 0 Å². The van der Waals surface area contributed by atoms with Gasteiger partial charge in [-0.25, -0.2) is 4.39 Å². The first-order valence-corrected chi connectivity index (χ1v) is 8.23. The third-order valence-electron chi connectivity index (χ3n) is 5.29. The second-order valence-corrected chi connectivity index (χ2v) is 7.57. The number of hydrogen-bond donors (Lipinski definition) is 0. The molecule has 1 saturated heterocycles. The molecular weight excluding hydrogens is 292 g/mol. The lowest BCUT2D eigenvalue weighted by Gasteiger charge is -2.32. The fourth-order valence-electron chi connectivity index (χ4n) is 2.92. The molecule has 1 aromatic rings. The van der Waals surface area contributed by atoms with Gasteiger partial charge in [0.05, 0.1) is 11.2 Å². The minimum atomic E-state index is -0.652. The first kappa shape index (κ1) is 16.7. The van der Waals surface area contributed by atoms with Crippen LogP contribution in [0.2, 0.25) is 0 Å². The van der Waals surface area contributed by atoms with E-state index in [1.54, 1.807) is 12.1 Å². The second kappa shape index (κ2) is 5.73. The van der Waals surface area contributed by atoms with E-state index in [2.05, 4.69) is 18.0 Å². The molecule has 2 aliphatic heterocycles. The molecule has 3 nitrogen and oxygen atoms in total. The molecule has 2 aliphatic rings. The zero-order valence-electron chi connectivity index (χ0n) is 14.6. The van der Waals surface area contributed by atoms with Crippen molar-refractivity contribution >= 4 is 18.2 Å². The maximum absolute atomic E-state index is 14.6. The highest BCUT2D eigenvalue weighted by Gasteiger charge is 2.52. The van der Waals surface area contributed by atoms with E-state index in [9.17, 15) is 4.39 Å². The highest BCUT2D eigenvalue weighted by molar-refractivity contribution is 6.62. The summed E-state index contributed by atoms with van der Waals surface area (Å²) < 4.78 is 26.5. The Morgan fingerprint density at radius 2 is 1.78 bits per heavy atom. The van der Waals surface area contributed by atoms with Gasteiger partial charge in [0.25, 0.3) is 0 Å². The number of nitrogens with zero attached hydrogens (tertiary/aromatic N) is 1. The molecule has 124 valence electrons. The molecule has 0 unspecified atom stereocenters. The summed E-state index contributed by atoms with van der Waals surface area (Å²) in [5.41, 5.74) is 1.72. The summed E-state index contributed by atoms with van der Waals surface area (Å²) in [4.78, 5) is 2.25. The first-order valence-electron chi connectivity index (χ1n) is 8.23. The monoisotopic (exact) mass is 317 g/mol. The third-order valence-corrected chi connectivity index (χ3v) is 5.29. The first-order chi connectivity index (χ1) is 10.7. The lowest BCUT2D eigenvalue weighted by molar-refractivity contribution is 0.00578. The van der Waals surface area contributed by atoms with Crippen molar-refractivity contribution < 1.29 is 13.7 Å². The summed E-state index contributed by atoms with van der Waals surface area (Å²) in [5, 5.41) is 0. The van der Waals surface area contributed by atoms with Crippen LogP contribution in [0.1, 0.15) is 39.7 Å². The van der Waals surface area contributed by atoms with E-state index in [0.717, 1.165) is 25.1 Å². The largest absolute Gasteiger partial charge is 0.497 e. The molecule has 3 rings (SSSR count). The van der Waals surface area contributed by atoms with Crippen LogP contribution in [-0.2, 0) is 9.31 Å². The van der Waals surface area contributed by atoms with Gasteiger partial charge in [0, 0.05) is 18.6 Å². The summed E-state index contributed by atoms with van der Waals surface area (Å²) in [6.07, 6.45) is 3.12. The summed E-state index contributed by atoms with van der Waals surface area (Å²) in [5.74, 6) is -0.263. The lowest BCUT2D eigenvalue weighted by Crippen LogP contribution is -2.41. The van der Waals surface area contributed by atoms with Crippen LogP contribution in [0.3, 0.4) is 0 Å². The number of benzene rings is 1. The molecule has 1 aromatic carbocycles. The zero-order chi connectivity index (χ0) is 16.8. The summed E-state index contributed by atoms with van der Waals surface area (Å²) in [6.45, 7) is 9.82. The Hall–Kier alpha value is -1.17. The van der Waals surface area contributed by atoms with Crippen LogP contribution in [0.5, 0.6) is 0 Å². The molecular formula is C18H25BFNO2. The Kier molecular flexibility index (Phi) is 4.15. The predicted octanol–water partition coefficient (Wildman–Crippen LogP) is 2.84. The number of halogens is 1. The van der Waals surface area contributed by atoms with E-state index in [1.807, 2.05) is 33.8 Å². The van der Waals surface area contributed by atoms with Crippen LogP contribution in [0.25, 0.3) is 5.57 Å². The maximum Gasteiger partial charge on any atom is 0.497 e. The van der Waals surface area contributed by atoms with Gasteiger partial charge in [-0.2, -0.15) is 0 Å². The average molecular weight is 317 g/mol. The van der Waals surface area contributed by atoms with Crippen LogP contribution >= 0.6 is 0 Å². The highest BCUT2D eigenvalue weighted by atomic mass is 19.1. The van der Waals surface area contributed by atoms with Gasteiger partial charge in [0.2, 0.25) is 0 Å². The van der Waals surface area contributed by atoms with Crippen LogP contribution < -0.4 is 5.46 Å². The molecule has 0 N–H and O–H groups in total. The quantitative estimate of drug-likeness (QED) is 0.783. The average Bonchev–Trinajstić information content (AvgIpc) is 2.68. The fraction of sp³-hybridized carbons (Fsp3) is 0.556. The molecule has 0 aliphatic carbocycles. The second-order valence-electron chi connectivity index (χ2n) is 7.57. The molecule has 2 heterocycles. The molecule has 0 amide bonds. The molecule has 0 spiro atoms. The summed E-state index contributed by atoms with van der Waals surface area (Å²) in [7, 11) is 1.44. The van der Waals surface area contributed by atoms with E-state index >= 15 is 0 Å². The predicted molar refractivity (Wildman–Crippen MR) is 92.2 cm³/mol. The topological polar surface area (TPSA) is 21.7 Å². The molecule has 0 bridgehead atoms. The van der Waals surface area contributed by atoms with Gasteiger partial charge in [-0.3, -0.25) is 0 Å². The van der Waals surface area contributed by atoms with E-state index in [1.165, 1.54) is 5.57 Å². The minimum Gasteiger partial charge on any atom is -0.399 e. The lowest BCUT2D eigenvalue weighted by atomic mass is 9.78. The Morgan fingerprint density at radius 1 is 1.13 bits per heavy atom. The highest BCUT2D eigenvalue weighted by Crippen LogP contribution is 2.36. The smallest absolute Gasteiger partial charge is 0.399 e.